The molecule has 0 bridgehead atoms. The van der Waals surface area contributed by atoms with Crippen LogP contribution in [0.5, 0.6) is 6.01 Å². The maximum atomic E-state index is 12.7. The Balaban J connectivity index is 2.02. The van der Waals surface area contributed by atoms with E-state index in [2.05, 4.69) is 15.0 Å². The van der Waals surface area contributed by atoms with E-state index in [1.807, 2.05) is 0 Å². The van der Waals surface area contributed by atoms with E-state index in [0.717, 1.165) is 11.1 Å². The summed E-state index contributed by atoms with van der Waals surface area (Å²) >= 11 is 6.92. The van der Waals surface area contributed by atoms with Crippen molar-refractivity contribution in [1.82, 2.24) is 15.0 Å². The average molecular weight is 261 g/mol. The van der Waals surface area contributed by atoms with Crippen LogP contribution < -0.4 is 10.5 Å². The highest BCUT2D eigenvalue weighted by molar-refractivity contribution is 7.15. The Hall–Kier alpha value is -1.47. The van der Waals surface area contributed by atoms with Crippen molar-refractivity contribution in [1.29, 1.82) is 0 Å². The molecule has 0 saturated heterocycles. The maximum Gasteiger partial charge on any atom is 0.318 e. The van der Waals surface area contributed by atoms with Gasteiger partial charge in [0, 0.05) is 6.20 Å². The predicted octanol–water partition coefficient (Wildman–Crippen LogP) is 1.89. The monoisotopic (exact) mass is 260 g/mol. The first-order chi connectivity index (χ1) is 7.65. The van der Waals surface area contributed by atoms with Crippen LogP contribution in [0, 0.1) is 5.82 Å². The molecule has 16 heavy (non-hydrogen) atoms. The first-order valence-electron chi connectivity index (χ1n) is 4.16. The molecule has 8 heteroatoms. The molecule has 0 aromatic carbocycles. The topological polar surface area (TPSA) is 73.9 Å². The molecule has 0 fully saturated rings. The van der Waals surface area contributed by atoms with E-state index < -0.39 is 5.82 Å². The lowest BCUT2D eigenvalue weighted by atomic mass is 10.6. The molecule has 2 N–H and O–H groups in total. The molecular formula is C8H6ClFN4OS. The third kappa shape index (κ3) is 2.56. The molecule has 2 aromatic rings. The van der Waals surface area contributed by atoms with E-state index in [0.29, 0.717) is 4.47 Å². The molecule has 5 nitrogen and oxygen atoms in total. The van der Waals surface area contributed by atoms with Gasteiger partial charge in [-0.25, -0.2) is 14.4 Å². The molecule has 0 radical (unpaired) electrons. The number of nitrogens with two attached hydrogens (primary N) is 1. The minimum atomic E-state index is -0.673. The molecule has 0 aliphatic rings. The third-order valence-electron chi connectivity index (χ3n) is 1.62. The standard InChI is InChI=1S/C8H6ClFN4OS/c9-7-12-1-4(16-7)3-15-8-13-2-5(10)6(11)14-8/h1-2H,3H2,(H2,11,13,14). The van der Waals surface area contributed by atoms with Crippen LogP contribution in [0.3, 0.4) is 0 Å². The summed E-state index contributed by atoms with van der Waals surface area (Å²) in [6.45, 7) is 0.218. The molecule has 0 aliphatic heterocycles. The summed E-state index contributed by atoms with van der Waals surface area (Å²) < 4.78 is 18.3. The van der Waals surface area contributed by atoms with Crippen LogP contribution in [-0.2, 0) is 6.61 Å². The minimum Gasteiger partial charge on any atom is -0.458 e. The van der Waals surface area contributed by atoms with Gasteiger partial charge in [-0.05, 0) is 0 Å². The summed E-state index contributed by atoms with van der Waals surface area (Å²) in [5, 5.41) is 0. The maximum absolute atomic E-state index is 12.7. The predicted molar refractivity (Wildman–Crippen MR) is 57.9 cm³/mol. The number of hydrogen-bond acceptors (Lipinski definition) is 6. The molecule has 2 aromatic heterocycles. The normalized spacial score (nSPS) is 10.4. The van der Waals surface area contributed by atoms with Crippen molar-refractivity contribution in [2.45, 2.75) is 6.61 Å². The van der Waals surface area contributed by atoms with Crippen LogP contribution >= 0.6 is 22.9 Å². The van der Waals surface area contributed by atoms with E-state index in [-0.39, 0.29) is 18.4 Å². The van der Waals surface area contributed by atoms with Gasteiger partial charge in [0.05, 0.1) is 11.1 Å². The van der Waals surface area contributed by atoms with Crippen LogP contribution in [0.1, 0.15) is 4.88 Å². The fraction of sp³-hybridized carbons (Fsp3) is 0.125. The molecule has 2 rings (SSSR count). The number of thiazole rings is 1. The summed E-state index contributed by atoms with van der Waals surface area (Å²) in [5.74, 6) is -0.916. The highest BCUT2D eigenvalue weighted by Crippen LogP contribution is 2.19. The Morgan fingerprint density at radius 1 is 1.44 bits per heavy atom. The second kappa shape index (κ2) is 4.58. The fourth-order valence-electron chi connectivity index (χ4n) is 0.919. The summed E-state index contributed by atoms with van der Waals surface area (Å²) in [6.07, 6.45) is 2.54. The molecule has 0 amide bonds. The summed E-state index contributed by atoms with van der Waals surface area (Å²) in [4.78, 5) is 11.9. The molecule has 84 valence electrons. The zero-order valence-electron chi connectivity index (χ0n) is 7.85. The molecule has 0 saturated carbocycles. The Labute approximate surface area is 99.1 Å². The van der Waals surface area contributed by atoms with Gasteiger partial charge in [0.15, 0.2) is 16.1 Å². The van der Waals surface area contributed by atoms with Gasteiger partial charge in [-0.2, -0.15) is 4.98 Å². The minimum absolute atomic E-state index is 0.0171. The van der Waals surface area contributed by atoms with E-state index in [1.165, 1.54) is 11.3 Å². The van der Waals surface area contributed by atoms with Gasteiger partial charge in [-0.15, -0.1) is 11.3 Å². The number of nitrogens with zero attached hydrogens (tertiary/aromatic N) is 3. The largest absolute Gasteiger partial charge is 0.458 e. The van der Waals surface area contributed by atoms with Crippen LogP contribution in [0.15, 0.2) is 12.4 Å². The SMILES string of the molecule is Nc1nc(OCc2cnc(Cl)s2)ncc1F. The van der Waals surface area contributed by atoms with E-state index in [9.17, 15) is 4.39 Å². The Bertz CT molecular complexity index is 507. The highest BCUT2D eigenvalue weighted by Gasteiger charge is 2.05. The lowest BCUT2D eigenvalue weighted by molar-refractivity contribution is 0.283. The van der Waals surface area contributed by atoms with Crippen molar-refractivity contribution in [2.75, 3.05) is 5.73 Å². The lowest BCUT2D eigenvalue weighted by Gasteiger charge is -2.02. The zero-order chi connectivity index (χ0) is 11.5. The molecule has 0 unspecified atom stereocenters. The van der Waals surface area contributed by atoms with Crippen LogP contribution in [0.25, 0.3) is 0 Å². The summed E-state index contributed by atoms with van der Waals surface area (Å²) in [6, 6.07) is 0.0171. The van der Waals surface area contributed by atoms with E-state index >= 15 is 0 Å². The van der Waals surface area contributed by atoms with Gasteiger partial charge >= 0.3 is 6.01 Å². The molecule has 0 spiro atoms. The van der Waals surface area contributed by atoms with Crippen molar-refractivity contribution in [3.63, 3.8) is 0 Å². The van der Waals surface area contributed by atoms with E-state index in [4.69, 9.17) is 22.1 Å². The van der Waals surface area contributed by atoms with Crippen molar-refractivity contribution in [3.8, 4) is 6.01 Å². The zero-order valence-corrected chi connectivity index (χ0v) is 9.43. The number of nitrogen functional groups attached to an aromatic ring is 1. The van der Waals surface area contributed by atoms with Gasteiger partial charge in [-0.3, -0.25) is 0 Å². The molecular weight excluding hydrogens is 255 g/mol. The second-order valence-corrected chi connectivity index (χ2v) is 4.45. The first kappa shape index (κ1) is 11.0. The first-order valence-corrected chi connectivity index (χ1v) is 5.35. The van der Waals surface area contributed by atoms with Crippen molar-refractivity contribution in [2.24, 2.45) is 0 Å². The highest BCUT2D eigenvalue weighted by atomic mass is 35.5. The number of hydrogen-bond donors (Lipinski definition) is 1. The van der Waals surface area contributed by atoms with Gasteiger partial charge < -0.3 is 10.5 Å². The average Bonchev–Trinajstić information content (AvgIpc) is 2.66. The quantitative estimate of drug-likeness (QED) is 0.912. The molecule has 2 heterocycles. The number of anilines is 1. The summed E-state index contributed by atoms with van der Waals surface area (Å²) in [5.41, 5.74) is 5.26. The Morgan fingerprint density at radius 2 is 2.25 bits per heavy atom. The Kier molecular flexibility index (Phi) is 3.16. The van der Waals surface area contributed by atoms with Gasteiger partial charge in [-0.1, -0.05) is 11.6 Å². The van der Waals surface area contributed by atoms with Crippen LogP contribution in [-0.4, -0.2) is 15.0 Å². The van der Waals surface area contributed by atoms with Crippen LogP contribution in [0.2, 0.25) is 4.47 Å². The van der Waals surface area contributed by atoms with E-state index in [1.54, 1.807) is 6.20 Å². The fourth-order valence-corrected chi connectivity index (χ4v) is 1.81. The number of rotatable bonds is 3. The summed E-state index contributed by atoms with van der Waals surface area (Å²) in [7, 11) is 0. The van der Waals surface area contributed by atoms with Crippen molar-refractivity contribution < 1.29 is 9.13 Å². The van der Waals surface area contributed by atoms with Crippen LogP contribution in [0.4, 0.5) is 10.2 Å². The van der Waals surface area contributed by atoms with Gasteiger partial charge in [0.25, 0.3) is 0 Å². The smallest absolute Gasteiger partial charge is 0.318 e. The number of aromatic nitrogens is 3. The molecule has 0 atom stereocenters. The molecule has 0 aliphatic carbocycles. The number of halogens is 2. The Morgan fingerprint density at radius 3 is 2.88 bits per heavy atom. The van der Waals surface area contributed by atoms with Gasteiger partial charge in [0.1, 0.15) is 6.61 Å². The number of ether oxygens (including phenoxy) is 1. The second-order valence-electron chi connectivity index (χ2n) is 2.75. The van der Waals surface area contributed by atoms with Gasteiger partial charge in [0.2, 0.25) is 0 Å². The van der Waals surface area contributed by atoms with Crippen molar-refractivity contribution in [3.05, 3.63) is 27.6 Å². The third-order valence-corrected chi connectivity index (χ3v) is 2.71. The van der Waals surface area contributed by atoms with Crippen molar-refractivity contribution >= 4 is 28.8 Å². The lowest BCUT2D eigenvalue weighted by Crippen LogP contribution is -2.02.